The Labute approximate surface area is 186 Å². The number of sulfonamides is 1. The fourth-order valence-corrected chi connectivity index (χ4v) is 4.66. The number of rotatable bonds is 10. The van der Waals surface area contributed by atoms with Crippen LogP contribution in [0.2, 0.25) is 0 Å². The monoisotopic (exact) mass is 488 g/mol. The fraction of sp³-hybridized carbons (Fsp3) is 0.250. The van der Waals surface area contributed by atoms with Crippen LogP contribution in [-0.4, -0.2) is 47.0 Å². The highest BCUT2D eigenvalue weighted by atomic mass is 32.2. The highest BCUT2D eigenvalue weighted by molar-refractivity contribution is 7.89. The Morgan fingerprint density at radius 3 is 2.38 bits per heavy atom. The van der Waals surface area contributed by atoms with Gasteiger partial charge in [0.05, 0.1) is 23.0 Å². The molecule has 0 spiro atoms. The second-order valence-electron chi connectivity index (χ2n) is 6.43. The summed E-state index contributed by atoms with van der Waals surface area (Å²) in [5, 5.41) is 3.72. The summed E-state index contributed by atoms with van der Waals surface area (Å²) in [5.41, 5.74) is 0. The molecule has 0 saturated carbocycles. The summed E-state index contributed by atoms with van der Waals surface area (Å²) in [4.78, 5) is 12.6. The largest absolute Gasteiger partial charge is 0.573 e. The van der Waals surface area contributed by atoms with Crippen LogP contribution in [0.1, 0.15) is 9.67 Å². The van der Waals surface area contributed by atoms with Crippen LogP contribution in [0.5, 0.6) is 5.75 Å². The maximum Gasteiger partial charge on any atom is 0.573 e. The van der Waals surface area contributed by atoms with Gasteiger partial charge in [0.2, 0.25) is 10.0 Å². The lowest BCUT2D eigenvalue weighted by Crippen LogP contribution is -2.30. The zero-order valence-electron chi connectivity index (χ0n) is 16.5. The zero-order valence-corrected chi connectivity index (χ0v) is 18.1. The number of ether oxygens (including phenoxy) is 2. The maximum atomic E-state index is 12.2. The summed E-state index contributed by atoms with van der Waals surface area (Å²) in [6, 6.07) is 13.3. The Morgan fingerprint density at radius 2 is 1.69 bits per heavy atom. The number of nitrogens with one attached hydrogen (secondary N) is 2. The molecule has 32 heavy (non-hydrogen) atoms. The van der Waals surface area contributed by atoms with Gasteiger partial charge in [0.15, 0.2) is 0 Å². The van der Waals surface area contributed by atoms with Crippen molar-refractivity contribution in [3.63, 3.8) is 0 Å². The van der Waals surface area contributed by atoms with Gasteiger partial charge in [-0.2, -0.15) is 0 Å². The summed E-state index contributed by atoms with van der Waals surface area (Å²) in [7, 11) is -3.91. The van der Waals surface area contributed by atoms with Gasteiger partial charge in [0.25, 0.3) is 5.91 Å². The molecule has 2 aromatic carbocycles. The Kier molecular flexibility index (Phi) is 7.72. The van der Waals surface area contributed by atoms with E-state index in [4.69, 9.17) is 4.74 Å². The molecule has 1 amide bonds. The highest BCUT2D eigenvalue weighted by Crippen LogP contribution is 2.25. The second-order valence-corrected chi connectivity index (χ2v) is 9.28. The van der Waals surface area contributed by atoms with Crippen LogP contribution in [0.15, 0.2) is 59.5 Å². The molecule has 1 aromatic heterocycles. The van der Waals surface area contributed by atoms with Crippen LogP contribution < -0.4 is 14.8 Å². The maximum absolute atomic E-state index is 12.2. The number of carbonyl (C=O) groups is 1. The van der Waals surface area contributed by atoms with Crippen molar-refractivity contribution in [1.82, 2.24) is 10.0 Å². The predicted molar refractivity (Wildman–Crippen MR) is 113 cm³/mol. The Hall–Kier alpha value is -2.67. The lowest BCUT2D eigenvalue weighted by molar-refractivity contribution is -0.274. The Bertz CT molecular complexity index is 1130. The summed E-state index contributed by atoms with van der Waals surface area (Å²) in [6.45, 7) is 0.434. The number of hydrogen-bond acceptors (Lipinski definition) is 6. The van der Waals surface area contributed by atoms with Crippen LogP contribution in [0.25, 0.3) is 10.1 Å². The number of benzene rings is 2. The van der Waals surface area contributed by atoms with Crippen molar-refractivity contribution in [2.45, 2.75) is 11.3 Å². The van der Waals surface area contributed by atoms with Gasteiger partial charge in [-0.3, -0.25) is 4.79 Å². The van der Waals surface area contributed by atoms with Crippen LogP contribution in [0.4, 0.5) is 13.2 Å². The van der Waals surface area contributed by atoms with Crippen LogP contribution in [0, 0.1) is 0 Å². The van der Waals surface area contributed by atoms with E-state index in [0.717, 1.165) is 34.4 Å². The van der Waals surface area contributed by atoms with Gasteiger partial charge >= 0.3 is 6.36 Å². The van der Waals surface area contributed by atoms with Crippen LogP contribution in [-0.2, 0) is 14.8 Å². The van der Waals surface area contributed by atoms with Crippen LogP contribution in [0.3, 0.4) is 0 Å². The topological polar surface area (TPSA) is 93.7 Å². The predicted octanol–water partition coefficient (Wildman–Crippen LogP) is 3.52. The summed E-state index contributed by atoms with van der Waals surface area (Å²) in [5.74, 6) is -0.731. The van der Waals surface area contributed by atoms with E-state index in [1.54, 1.807) is 0 Å². The standard InChI is InChI=1S/C20H19F3N2O5S2/c21-20(22,23)30-15-5-7-16(8-6-15)32(27,28)25-10-12-29-11-9-24-19(26)18-13-14-3-1-2-4-17(14)31-18/h1-8,13,25H,9-12H2,(H,24,26). The molecule has 0 aliphatic heterocycles. The molecule has 7 nitrogen and oxygen atoms in total. The fourth-order valence-electron chi connectivity index (χ4n) is 2.67. The molecular weight excluding hydrogens is 469 g/mol. The molecule has 0 aliphatic carbocycles. The minimum Gasteiger partial charge on any atom is -0.406 e. The van der Waals surface area contributed by atoms with E-state index in [1.807, 2.05) is 30.3 Å². The normalized spacial score (nSPS) is 12.1. The van der Waals surface area contributed by atoms with E-state index < -0.39 is 22.1 Å². The van der Waals surface area contributed by atoms with E-state index >= 15 is 0 Å². The second kappa shape index (κ2) is 10.3. The third-order valence-electron chi connectivity index (χ3n) is 4.09. The molecule has 0 unspecified atom stereocenters. The van der Waals surface area contributed by atoms with Crippen molar-refractivity contribution in [2.24, 2.45) is 0 Å². The van der Waals surface area contributed by atoms with E-state index in [-0.39, 0.29) is 37.1 Å². The molecule has 0 saturated heterocycles. The van der Waals surface area contributed by atoms with E-state index in [0.29, 0.717) is 4.88 Å². The molecule has 172 valence electrons. The van der Waals surface area contributed by atoms with Gasteiger partial charge in [-0.15, -0.1) is 24.5 Å². The summed E-state index contributed by atoms with van der Waals surface area (Å²) < 4.78 is 73.1. The SMILES string of the molecule is O=C(NCCOCCNS(=O)(=O)c1ccc(OC(F)(F)F)cc1)c1cc2ccccc2s1. The molecule has 0 bridgehead atoms. The van der Waals surface area contributed by atoms with Gasteiger partial charge in [-0.05, 0) is 41.8 Å². The Morgan fingerprint density at radius 1 is 1.00 bits per heavy atom. The summed E-state index contributed by atoms with van der Waals surface area (Å²) in [6.07, 6.45) is -4.85. The smallest absolute Gasteiger partial charge is 0.406 e. The van der Waals surface area contributed by atoms with Crippen molar-refractivity contribution in [2.75, 3.05) is 26.3 Å². The average molecular weight is 489 g/mol. The number of alkyl halides is 3. The van der Waals surface area contributed by atoms with Gasteiger partial charge in [-0.1, -0.05) is 18.2 Å². The van der Waals surface area contributed by atoms with Crippen molar-refractivity contribution >= 4 is 37.4 Å². The van der Waals surface area contributed by atoms with E-state index in [2.05, 4.69) is 14.8 Å². The number of fused-ring (bicyclic) bond motifs is 1. The first-order valence-corrected chi connectivity index (χ1v) is 11.6. The molecule has 1 heterocycles. The number of carbonyl (C=O) groups excluding carboxylic acids is 1. The minimum absolute atomic E-state index is 0.0482. The first-order chi connectivity index (χ1) is 15.1. The molecule has 3 rings (SSSR count). The molecule has 0 aliphatic rings. The molecule has 0 atom stereocenters. The zero-order chi connectivity index (χ0) is 23.2. The van der Waals surface area contributed by atoms with Crippen molar-refractivity contribution < 1.29 is 35.9 Å². The molecular formula is C20H19F3N2O5S2. The third kappa shape index (κ3) is 6.92. The van der Waals surface area contributed by atoms with Crippen molar-refractivity contribution in [3.05, 3.63) is 59.5 Å². The lowest BCUT2D eigenvalue weighted by Gasteiger charge is -2.10. The van der Waals surface area contributed by atoms with E-state index in [9.17, 15) is 26.4 Å². The quantitative estimate of drug-likeness (QED) is 0.426. The first-order valence-electron chi connectivity index (χ1n) is 9.34. The summed E-state index contributed by atoms with van der Waals surface area (Å²) >= 11 is 1.39. The van der Waals surface area contributed by atoms with Crippen molar-refractivity contribution in [3.8, 4) is 5.75 Å². The highest BCUT2D eigenvalue weighted by Gasteiger charge is 2.31. The molecule has 3 aromatic rings. The van der Waals surface area contributed by atoms with Gasteiger partial charge in [0.1, 0.15) is 5.75 Å². The van der Waals surface area contributed by atoms with E-state index in [1.165, 1.54) is 11.3 Å². The van der Waals surface area contributed by atoms with Crippen molar-refractivity contribution in [1.29, 1.82) is 0 Å². The lowest BCUT2D eigenvalue weighted by atomic mass is 10.2. The third-order valence-corrected chi connectivity index (χ3v) is 6.68. The molecule has 12 heteroatoms. The minimum atomic E-state index is -4.85. The first kappa shape index (κ1) is 24.0. The van der Waals surface area contributed by atoms with Gasteiger partial charge < -0.3 is 14.8 Å². The average Bonchev–Trinajstić information content (AvgIpc) is 3.16. The van der Waals surface area contributed by atoms with Gasteiger partial charge in [0, 0.05) is 17.8 Å². The number of amides is 1. The number of halogens is 3. The number of hydrogen-bond donors (Lipinski definition) is 2. The number of thiophene rings is 1. The Balaban J connectivity index is 1.35. The molecule has 0 radical (unpaired) electrons. The van der Waals surface area contributed by atoms with Gasteiger partial charge in [-0.25, -0.2) is 13.1 Å². The molecule has 2 N–H and O–H groups in total. The van der Waals surface area contributed by atoms with Crippen LogP contribution >= 0.6 is 11.3 Å². The molecule has 0 fully saturated rings.